The Hall–Kier alpha value is -1.62. The van der Waals surface area contributed by atoms with Gasteiger partial charge in [-0.1, -0.05) is 41.9 Å². The van der Waals surface area contributed by atoms with Crippen LogP contribution in [0.3, 0.4) is 0 Å². The summed E-state index contributed by atoms with van der Waals surface area (Å²) >= 11 is 3.41. The number of aryl methyl sites for hydroxylation is 2. The molecular weight excluding hydrogens is 332 g/mol. The number of nitrogens with zero attached hydrogens (tertiary/aromatic N) is 2. The van der Waals surface area contributed by atoms with E-state index in [-0.39, 0.29) is 0 Å². The zero-order chi connectivity index (χ0) is 15.4. The lowest BCUT2D eigenvalue weighted by Gasteiger charge is -2.10. The van der Waals surface area contributed by atoms with E-state index in [9.17, 15) is 9.90 Å². The molecule has 1 N–H and O–H groups in total. The molecule has 0 spiro atoms. The predicted octanol–water partition coefficient (Wildman–Crippen LogP) is 3.91. The van der Waals surface area contributed by atoms with Crippen molar-refractivity contribution < 1.29 is 9.90 Å². The second-order valence-electron chi connectivity index (χ2n) is 4.94. The zero-order valence-electron chi connectivity index (χ0n) is 12.3. The number of aromatic carboxylic acids is 1. The van der Waals surface area contributed by atoms with Crippen LogP contribution in [-0.2, 0) is 19.4 Å². The van der Waals surface area contributed by atoms with Gasteiger partial charge in [-0.2, -0.15) is 0 Å². The smallest absolute Gasteiger partial charge is 0.354 e. The Morgan fingerprint density at radius 1 is 1.29 bits per heavy atom. The van der Waals surface area contributed by atoms with Gasteiger partial charge < -0.3 is 9.67 Å². The normalized spacial score (nSPS) is 10.8. The molecule has 0 saturated heterocycles. The van der Waals surface area contributed by atoms with Crippen LogP contribution in [0.1, 0.15) is 47.8 Å². The molecular formula is C16H19BrN2O2. The molecule has 1 aromatic heterocycles. The van der Waals surface area contributed by atoms with Crippen LogP contribution in [0.15, 0.2) is 28.7 Å². The topological polar surface area (TPSA) is 55.1 Å². The van der Waals surface area contributed by atoms with Crippen LogP contribution in [-0.4, -0.2) is 20.6 Å². The minimum atomic E-state index is -0.904. The standard InChI is InChI=1S/C16H19BrN2O2/c1-3-5-14-18-13(4-2)15(16(20)21)19(14)10-11-6-8-12(17)9-7-11/h6-9H,3-5,10H2,1-2H3,(H,20,21). The maximum atomic E-state index is 11.6. The highest BCUT2D eigenvalue weighted by atomic mass is 79.9. The number of imidazole rings is 1. The van der Waals surface area contributed by atoms with Gasteiger partial charge in [-0.05, 0) is 30.5 Å². The van der Waals surface area contributed by atoms with Crippen molar-refractivity contribution in [1.82, 2.24) is 9.55 Å². The first-order valence-corrected chi connectivity index (χ1v) is 7.92. The summed E-state index contributed by atoms with van der Waals surface area (Å²) in [5.74, 6) is -0.0477. The number of aromatic nitrogens is 2. The molecule has 0 aliphatic heterocycles. The molecule has 1 aromatic carbocycles. The summed E-state index contributed by atoms with van der Waals surface area (Å²) in [6, 6.07) is 7.92. The lowest BCUT2D eigenvalue weighted by atomic mass is 10.2. The van der Waals surface area contributed by atoms with Gasteiger partial charge in [0.25, 0.3) is 0 Å². The van der Waals surface area contributed by atoms with Crippen LogP contribution >= 0.6 is 15.9 Å². The monoisotopic (exact) mass is 350 g/mol. The largest absolute Gasteiger partial charge is 0.477 e. The molecule has 1 heterocycles. The molecule has 4 nitrogen and oxygen atoms in total. The number of carbonyl (C=O) groups is 1. The average Bonchev–Trinajstić information content (AvgIpc) is 2.80. The predicted molar refractivity (Wildman–Crippen MR) is 85.8 cm³/mol. The van der Waals surface area contributed by atoms with Gasteiger partial charge in [-0.3, -0.25) is 0 Å². The van der Waals surface area contributed by atoms with Crippen LogP contribution in [0, 0.1) is 0 Å². The maximum absolute atomic E-state index is 11.6. The molecule has 0 fully saturated rings. The molecule has 0 saturated carbocycles. The molecule has 0 bridgehead atoms. The number of benzene rings is 1. The van der Waals surface area contributed by atoms with Gasteiger partial charge in [-0.25, -0.2) is 9.78 Å². The van der Waals surface area contributed by atoms with Crippen LogP contribution in [0.25, 0.3) is 0 Å². The summed E-state index contributed by atoms with van der Waals surface area (Å²) in [5.41, 5.74) is 2.06. The molecule has 0 amide bonds. The van der Waals surface area contributed by atoms with E-state index in [4.69, 9.17) is 0 Å². The van der Waals surface area contributed by atoms with Gasteiger partial charge in [0.1, 0.15) is 5.82 Å². The number of hydrogen-bond acceptors (Lipinski definition) is 2. The molecule has 5 heteroatoms. The maximum Gasteiger partial charge on any atom is 0.354 e. The number of halogens is 1. The number of carboxylic acids is 1. The molecule has 21 heavy (non-hydrogen) atoms. The van der Waals surface area contributed by atoms with Gasteiger partial charge in [0, 0.05) is 17.4 Å². The van der Waals surface area contributed by atoms with Crippen molar-refractivity contribution in [2.45, 2.75) is 39.7 Å². The van der Waals surface area contributed by atoms with Crippen LogP contribution in [0.4, 0.5) is 0 Å². The lowest BCUT2D eigenvalue weighted by Crippen LogP contribution is -2.13. The number of rotatable bonds is 6. The summed E-state index contributed by atoms with van der Waals surface area (Å²) in [4.78, 5) is 16.1. The molecule has 2 rings (SSSR count). The van der Waals surface area contributed by atoms with Crippen molar-refractivity contribution >= 4 is 21.9 Å². The van der Waals surface area contributed by atoms with Gasteiger partial charge in [-0.15, -0.1) is 0 Å². The SMILES string of the molecule is CCCc1nc(CC)c(C(=O)O)n1Cc1ccc(Br)cc1. The van der Waals surface area contributed by atoms with E-state index in [1.165, 1.54) is 0 Å². The van der Waals surface area contributed by atoms with Gasteiger partial charge in [0.15, 0.2) is 5.69 Å². The van der Waals surface area contributed by atoms with Crippen LogP contribution in [0.2, 0.25) is 0 Å². The second-order valence-corrected chi connectivity index (χ2v) is 5.86. The fourth-order valence-corrected chi connectivity index (χ4v) is 2.66. The van der Waals surface area contributed by atoms with Gasteiger partial charge in [0.05, 0.1) is 5.69 Å². The first-order chi connectivity index (χ1) is 10.1. The third kappa shape index (κ3) is 3.53. The van der Waals surface area contributed by atoms with Crippen molar-refractivity contribution in [2.24, 2.45) is 0 Å². The van der Waals surface area contributed by atoms with E-state index in [1.54, 1.807) is 0 Å². The molecule has 112 valence electrons. The fourth-order valence-electron chi connectivity index (χ4n) is 2.40. The molecule has 2 aromatic rings. The van der Waals surface area contributed by atoms with Crippen molar-refractivity contribution in [3.8, 4) is 0 Å². The van der Waals surface area contributed by atoms with E-state index >= 15 is 0 Å². The Morgan fingerprint density at radius 3 is 2.48 bits per heavy atom. The Bertz CT molecular complexity index is 632. The highest BCUT2D eigenvalue weighted by Crippen LogP contribution is 2.18. The fraction of sp³-hybridized carbons (Fsp3) is 0.375. The Balaban J connectivity index is 2.45. The van der Waals surface area contributed by atoms with Crippen molar-refractivity contribution in [3.05, 3.63) is 51.5 Å². The quantitative estimate of drug-likeness (QED) is 0.859. The van der Waals surface area contributed by atoms with E-state index in [1.807, 2.05) is 35.8 Å². The molecule has 0 unspecified atom stereocenters. The summed E-state index contributed by atoms with van der Waals surface area (Å²) in [7, 11) is 0. The van der Waals surface area contributed by atoms with Gasteiger partial charge >= 0.3 is 5.97 Å². The molecule has 0 aliphatic carbocycles. The summed E-state index contributed by atoms with van der Waals surface area (Å²) in [6.07, 6.45) is 2.36. The minimum absolute atomic E-state index is 0.323. The Labute approximate surface area is 133 Å². The van der Waals surface area contributed by atoms with E-state index in [2.05, 4.69) is 27.8 Å². The highest BCUT2D eigenvalue weighted by molar-refractivity contribution is 9.10. The van der Waals surface area contributed by atoms with Crippen LogP contribution in [0.5, 0.6) is 0 Å². The van der Waals surface area contributed by atoms with E-state index < -0.39 is 5.97 Å². The Kier molecular flexibility index (Phi) is 5.17. The first-order valence-electron chi connectivity index (χ1n) is 7.12. The summed E-state index contributed by atoms with van der Waals surface area (Å²) in [6.45, 7) is 4.55. The van der Waals surface area contributed by atoms with E-state index in [0.717, 1.165) is 28.7 Å². The number of carboxylic acid groups (broad SMARTS) is 1. The second kappa shape index (κ2) is 6.89. The van der Waals surface area contributed by atoms with Gasteiger partial charge in [0.2, 0.25) is 0 Å². The van der Waals surface area contributed by atoms with Crippen molar-refractivity contribution in [3.63, 3.8) is 0 Å². The zero-order valence-corrected chi connectivity index (χ0v) is 13.9. The molecule has 0 radical (unpaired) electrons. The summed E-state index contributed by atoms with van der Waals surface area (Å²) in [5, 5.41) is 9.51. The third-order valence-electron chi connectivity index (χ3n) is 3.38. The van der Waals surface area contributed by atoms with Crippen molar-refractivity contribution in [1.29, 1.82) is 0 Å². The molecule has 0 aliphatic rings. The lowest BCUT2D eigenvalue weighted by molar-refractivity contribution is 0.0684. The minimum Gasteiger partial charge on any atom is -0.477 e. The summed E-state index contributed by atoms with van der Waals surface area (Å²) < 4.78 is 2.85. The molecule has 0 atom stereocenters. The van der Waals surface area contributed by atoms with Crippen molar-refractivity contribution in [2.75, 3.05) is 0 Å². The third-order valence-corrected chi connectivity index (χ3v) is 3.91. The first kappa shape index (κ1) is 15.8. The average molecular weight is 351 g/mol. The Morgan fingerprint density at radius 2 is 1.95 bits per heavy atom. The number of hydrogen-bond donors (Lipinski definition) is 1. The van der Waals surface area contributed by atoms with E-state index in [0.29, 0.717) is 24.4 Å². The van der Waals surface area contributed by atoms with Crippen LogP contribution < -0.4 is 0 Å². The highest BCUT2D eigenvalue weighted by Gasteiger charge is 2.21.